The summed E-state index contributed by atoms with van der Waals surface area (Å²) in [6, 6.07) is 14.7. The minimum absolute atomic E-state index is 0.0733. The van der Waals surface area contributed by atoms with Gasteiger partial charge in [-0.1, -0.05) is 36.4 Å². The topological polar surface area (TPSA) is 52.6 Å². The van der Waals surface area contributed by atoms with Gasteiger partial charge in [0.25, 0.3) is 5.91 Å². The molecular formula is C23H26FN5O. The van der Waals surface area contributed by atoms with E-state index in [9.17, 15) is 9.18 Å². The summed E-state index contributed by atoms with van der Waals surface area (Å²) >= 11 is 0. The molecule has 1 saturated heterocycles. The summed E-state index contributed by atoms with van der Waals surface area (Å²) in [5.74, 6) is 0.431. The smallest absolute Gasteiger partial charge is 0.274 e. The second-order valence-electron chi connectivity index (χ2n) is 7.85. The lowest BCUT2D eigenvalue weighted by atomic mass is 10.1. The molecule has 0 N–H and O–H groups in total. The molecule has 1 aliphatic heterocycles. The van der Waals surface area contributed by atoms with Crippen LogP contribution >= 0.6 is 0 Å². The second kappa shape index (κ2) is 8.26. The lowest BCUT2D eigenvalue weighted by Gasteiger charge is -2.37. The van der Waals surface area contributed by atoms with Crippen molar-refractivity contribution in [3.63, 3.8) is 0 Å². The molecule has 0 radical (unpaired) electrons. The molecule has 0 aliphatic carbocycles. The summed E-state index contributed by atoms with van der Waals surface area (Å²) in [5, 5.41) is 10.5. The normalized spacial score (nSPS) is 14.4. The molecular weight excluding hydrogens is 381 g/mol. The summed E-state index contributed by atoms with van der Waals surface area (Å²) < 4.78 is 14.1. The number of halogens is 1. The molecule has 1 amide bonds. The van der Waals surface area contributed by atoms with Crippen molar-refractivity contribution >= 4 is 28.2 Å². The Morgan fingerprint density at radius 1 is 0.933 bits per heavy atom. The van der Waals surface area contributed by atoms with Crippen LogP contribution in [0.3, 0.4) is 0 Å². The van der Waals surface area contributed by atoms with E-state index in [1.807, 2.05) is 50.2 Å². The third kappa shape index (κ3) is 3.67. The molecule has 0 atom stereocenters. The van der Waals surface area contributed by atoms with E-state index in [0.29, 0.717) is 37.6 Å². The van der Waals surface area contributed by atoms with Gasteiger partial charge in [-0.3, -0.25) is 4.79 Å². The van der Waals surface area contributed by atoms with Crippen LogP contribution in [0, 0.1) is 5.82 Å². The van der Waals surface area contributed by atoms with Crippen LogP contribution in [0.2, 0.25) is 0 Å². The Hall–Kier alpha value is -3.22. The van der Waals surface area contributed by atoms with Gasteiger partial charge in [-0.25, -0.2) is 4.39 Å². The zero-order valence-electron chi connectivity index (χ0n) is 17.5. The first kappa shape index (κ1) is 20.1. The maximum absolute atomic E-state index is 14.1. The summed E-state index contributed by atoms with van der Waals surface area (Å²) in [6.45, 7) is 6.72. The van der Waals surface area contributed by atoms with Crippen molar-refractivity contribution in [3.05, 3.63) is 60.0 Å². The van der Waals surface area contributed by atoms with Gasteiger partial charge < -0.3 is 14.7 Å². The molecule has 156 valence electrons. The predicted octanol–water partition coefficient (Wildman–Crippen LogP) is 3.58. The Morgan fingerprint density at radius 3 is 2.20 bits per heavy atom. The molecule has 0 bridgehead atoms. The molecule has 3 aromatic rings. The van der Waals surface area contributed by atoms with Crippen LogP contribution in [0.15, 0.2) is 48.5 Å². The molecule has 4 rings (SSSR count). The van der Waals surface area contributed by atoms with Crippen LogP contribution in [-0.2, 0) is 0 Å². The summed E-state index contributed by atoms with van der Waals surface area (Å²) in [4.78, 5) is 18.8. The number of amides is 1. The van der Waals surface area contributed by atoms with Crippen molar-refractivity contribution in [3.8, 4) is 0 Å². The second-order valence-corrected chi connectivity index (χ2v) is 7.85. The molecule has 0 spiro atoms. The average molecular weight is 407 g/mol. The van der Waals surface area contributed by atoms with Crippen LogP contribution in [0.25, 0.3) is 10.8 Å². The number of anilines is 2. The third-order valence-corrected chi connectivity index (χ3v) is 5.74. The first-order valence-electron chi connectivity index (χ1n) is 10.2. The highest BCUT2D eigenvalue weighted by Crippen LogP contribution is 2.28. The van der Waals surface area contributed by atoms with Gasteiger partial charge in [-0.15, -0.1) is 10.2 Å². The van der Waals surface area contributed by atoms with Gasteiger partial charge in [0, 0.05) is 50.0 Å². The Kier molecular flexibility index (Phi) is 5.53. The zero-order chi connectivity index (χ0) is 21.3. The number of piperazine rings is 1. The highest BCUT2D eigenvalue weighted by atomic mass is 19.1. The van der Waals surface area contributed by atoms with E-state index in [1.165, 1.54) is 6.07 Å². The molecule has 2 aromatic carbocycles. The Bertz CT molecular complexity index is 1060. The van der Waals surface area contributed by atoms with E-state index >= 15 is 0 Å². The molecule has 1 aliphatic rings. The first-order chi connectivity index (χ1) is 14.5. The van der Waals surface area contributed by atoms with E-state index < -0.39 is 0 Å². The summed E-state index contributed by atoms with van der Waals surface area (Å²) in [6.07, 6.45) is 0. The zero-order valence-corrected chi connectivity index (χ0v) is 17.5. The van der Waals surface area contributed by atoms with E-state index in [0.717, 1.165) is 16.6 Å². The molecule has 1 fully saturated rings. The number of hydrogen-bond acceptors (Lipinski definition) is 5. The number of carbonyl (C=O) groups excluding carboxylic acids is 1. The molecule has 6 nitrogen and oxygen atoms in total. The quantitative estimate of drug-likeness (QED) is 0.662. The van der Waals surface area contributed by atoms with Gasteiger partial charge in [-0.2, -0.15) is 0 Å². The number of hydrogen-bond donors (Lipinski definition) is 0. The minimum atomic E-state index is -0.201. The Balaban J connectivity index is 1.61. The van der Waals surface area contributed by atoms with Crippen molar-refractivity contribution in [2.75, 3.05) is 43.0 Å². The number of aromatic nitrogens is 2. The largest absolute Gasteiger partial charge is 0.366 e. The maximum atomic E-state index is 14.1. The lowest BCUT2D eigenvalue weighted by Crippen LogP contribution is -2.47. The SMILES string of the molecule is CC(C)N(C)C(=O)c1nnc(N2CCN(c3ccccc3F)CC2)c2ccccc12. The summed E-state index contributed by atoms with van der Waals surface area (Å²) in [7, 11) is 1.78. The van der Waals surface area contributed by atoms with Crippen LogP contribution in [0.5, 0.6) is 0 Å². The number of fused-ring (bicyclic) bond motifs is 1. The van der Waals surface area contributed by atoms with E-state index in [1.54, 1.807) is 18.0 Å². The Morgan fingerprint density at radius 2 is 1.53 bits per heavy atom. The van der Waals surface area contributed by atoms with Crippen molar-refractivity contribution in [1.29, 1.82) is 0 Å². The molecule has 7 heteroatoms. The van der Waals surface area contributed by atoms with E-state index in [2.05, 4.69) is 20.0 Å². The maximum Gasteiger partial charge on any atom is 0.274 e. The number of carbonyl (C=O) groups is 1. The van der Waals surface area contributed by atoms with E-state index in [-0.39, 0.29) is 17.8 Å². The molecule has 1 aromatic heterocycles. The predicted molar refractivity (Wildman–Crippen MR) is 118 cm³/mol. The van der Waals surface area contributed by atoms with Gasteiger partial charge in [0.15, 0.2) is 11.5 Å². The fourth-order valence-corrected chi connectivity index (χ4v) is 3.75. The van der Waals surface area contributed by atoms with Crippen LogP contribution in [0.1, 0.15) is 24.3 Å². The third-order valence-electron chi connectivity index (χ3n) is 5.74. The van der Waals surface area contributed by atoms with E-state index in [4.69, 9.17) is 0 Å². The van der Waals surface area contributed by atoms with Gasteiger partial charge in [0.2, 0.25) is 0 Å². The van der Waals surface area contributed by atoms with Crippen LogP contribution in [0.4, 0.5) is 15.9 Å². The fraction of sp³-hybridized carbons (Fsp3) is 0.348. The monoisotopic (exact) mass is 407 g/mol. The van der Waals surface area contributed by atoms with Gasteiger partial charge in [0.1, 0.15) is 5.82 Å². The van der Waals surface area contributed by atoms with Crippen molar-refractivity contribution in [2.45, 2.75) is 19.9 Å². The molecule has 30 heavy (non-hydrogen) atoms. The number of nitrogens with zero attached hydrogens (tertiary/aromatic N) is 5. The van der Waals surface area contributed by atoms with Crippen LogP contribution in [-0.4, -0.2) is 60.3 Å². The van der Waals surface area contributed by atoms with Crippen LogP contribution < -0.4 is 9.80 Å². The van der Waals surface area contributed by atoms with Gasteiger partial charge in [0.05, 0.1) is 5.69 Å². The molecule has 2 heterocycles. The number of para-hydroxylation sites is 1. The molecule has 0 unspecified atom stereocenters. The average Bonchev–Trinajstić information content (AvgIpc) is 2.78. The van der Waals surface area contributed by atoms with Crippen molar-refractivity contribution in [2.24, 2.45) is 0 Å². The minimum Gasteiger partial charge on any atom is -0.366 e. The van der Waals surface area contributed by atoms with Gasteiger partial charge >= 0.3 is 0 Å². The number of rotatable bonds is 4. The highest BCUT2D eigenvalue weighted by molar-refractivity contribution is 6.07. The number of benzene rings is 2. The van der Waals surface area contributed by atoms with Gasteiger partial charge in [-0.05, 0) is 26.0 Å². The standard InChI is InChI=1S/C23H26FN5O/c1-16(2)27(3)23(30)21-17-8-4-5-9-18(17)22(26-25-21)29-14-12-28(13-15-29)20-11-7-6-10-19(20)24/h4-11,16H,12-15H2,1-3H3. The first-order valence-corrected chi connectivity index (χ1v) is 10.2. The van der Waals surface area contributed by atoms with Crippen molar-refractivity contribution in [1.82, 2.24) is 15.1 Å². The molecule has 0 saturated carbocycles. The lowest BCUT2D eigenvalue weighted by molar-refractivity contribution is 0.0750. The fourth-order valence-electron chi connectivity index (χ4n) is 3.75. The highest BCUT2D eigenvalue weighted by Gasteiger charge is 2.25. The van der Waals surface area contributed by atoms with Crippen molar-refractivity contribution < 1.29 is 9.18 Å². The Labute approximate surface area is 175 Å². The summed E-state index contributed by atoms with van der Waals surface area (Å²) in [5.41, 5.74) is 1.00.